The van der Waals surface area contributed by atoms with Gasteiger partial charge in [0.25, 0.3) is 0 Å². The molecule has 1 aromatic rings. The fourth-order valence-corrected chi connectivity index (χ4v) is 3.92. The zero-order valence-corrected chi connectivity index (χ0v) is 14.4. The van der Waals surface area contributed by atoms with Gasteiger partial charge >= 0.3 is 0 Å². The first kappa shape index (κ1) is 17.6. The van der Waals surface area contributed by atoms with Gasteiger partial charge in [0.2, 0.25) is 10.0 Å². The number of nitrogens with zero attached hydrogens (tertiary/aromatic N) is 1. The summed E-state index contributed by atoms with van der Waals surface area (Å²) in [6.07, 6.45) is 0. The molecule has 114 valence electrons. The minimum absolute atomic E-state index is 0.247. The highest BCUT2D eigenvalue weighted by Crippen LogP contribution is 2.29. The number of hydrogen-bond acceptors (Lipinski definition) is 4. The Balaban J connectivity index is 3.11. The number of nitrogens with two attached hydrogens (primary N) is 1. The van der Waals surface area contributed by atoms with E-state index < -0.39 is 10.0 Å². The summed E-state index contributed by atoms with van der Waals surface area (Å²) in [4.78, 5) is 0.247. The number of halogens is 1. The molecule has 0 spiro atoms. The molecule has 1 aromatic carbocycles. The molecule has 0 amide bonds. The van der Waals surface area contributed by atoms with Crippen LogP contribution in [0.25, 0.3) is 0 Å². The molecule has 0 heterocycles. The van der Waals surface area contributed by atoms with Crippen LogP contribution in [0.5, 0.6) is 0 Å². The largest absolute Gasteiger partial charge is 0.380 e. The first-order valence-electron chi connectivity index (χ1n) is 6.37. The maximum Gasteiger partial charge on any atom is 0.244 e. The van der Waals surface area contributed by atoms with Crippen LogP contribution in [-0.2, 0) is 21.3 Å². The zero-order chi connectivity index (χ0) is 15.3. The lowest BCUT2D eigenvalue weighted by Gasteiger charge is -2.19. The Kier molecular flexibility index (Phi) is 6.60. The van der Waals surface area contributed by atoms with Crippen molar-refractivity contribution in [2.45, 2.75) is 25.3 Å². The molecule has 0 radical (unpaired) electrons. The van der Waals surface area contributed by atoms with Crippen molar-refractivity contribution in [3.63, 3.8) is 0 Å². The first-order chi connectivity index (χ1) is 9.34. The number of benzene rings is 1. The summed E-state index contributed by atoms with van der Waals surface area (Å²) < 4.78 is 32.2. The fraction of sp³-hybridized carbons (Fsp3) is 0.538. The summed E-state index contributed by atoms with van der Waals surface area (Å²) in [5.41, 5.74) is 7.26. The van der Waals surface area contributed by atoms with E-state index in [-0.39, 0.29) is 4.90 Å². The molecule has 0 fully saturated rings. The topological polar surface area (TPSA) is 72.6 Å². The highest BCUT2D eigenvalue weighted by Gasteiger charge is 2.24. The highest BCUT2D eigenvalue weighted by molar-refractivity contribution is 9.10. The minimum Gasteiger partial charge on any atom is -0.380 e. The molecule has 7 heteroatoms. The second kappa shape index (κ2) is 7.51. The molecule has 0 saturated heterocycles. The van der Waals surface area contributed by atoms with Crippen LogP contribution in [0.15, 0.2) is 21.5 Å². The molecule has 2 N–H and O–H groups in total. The fourth-order valence-electron chi connectivity index (χ4n) is 1.74. The summed E-state index contributed by atoms with van der Waals surface area (Å²) in [5, 5.41) is 0. The zero-order valence-electron chi connectivity index (χ0n) is 12.0. The number of rotatable bonds is 7. The summed E-state index contributed by atoms with van der Waals surface area (Å²) in [6, 6.07) is 3.49. The monoisotopic (exact) mass is 364 g/mol. The third kappa shape index (κ3) is 4.02. The van der Waals surface area contributed by atoms with Gasteiger partial charge in [-0.05, 0) is 47.0 Å². The Morgan fingerprint density at radius 1 is 1.40 bits per heavy atom. The summed E-state index contributed by atoms with van der Waals surface area (Å²) >= 11 is 3.35. The molecule has 0 unspecified atom stereocenters. The van der Waals surface area contributed by atoms with Gasteiger partial charge in [0, 0.05) is 31.2 Å². The van der Waals surface area contributed by atoms with Gasteiger partial charge in [0.05, 0.1) is 11.5 Å². The third-order valence-electron chi connectivity index (χ3n) is 2.96. The van der Waals surface area contributed by atoms with Gasteiger partial charge in [-0.25, -0.2) is 8.42 Å². The number of sulfonamides is 1. The standard InChI is InChI=1S/C13H21BrN2O3S/c1-4-19-6-5-16(3)20(17,18)12-8-11(9-15)7-10(2)13(12)14/h7-8H,4-6,9,15H2,1-3H3. The van der Waals surface area contributed by atoms with E-state index in [1.54, 1.807) is 13.1 Å². The molecule has 0 aromatic heterocycles. The van der Waals surface area contributed by atoms with Gasteiger partial charge in [-0.15, -0.1) is 0 Å². The average Bonchev–Trinajstić information content (AvgIpc) is 2.41. The van der Waals surface area contributed by atoms with Crippen molar-refractivity contribution in [3.8, 4) is 0 Å². The summed E-state index contributed by atoms with van der Waals surface area (Å²) in [5.74, 6) is 0. The highest BCUT2D eigenvalue weighted by atomic mass is 79.9. The lowest BCUT2D eigenvalue weighted by Crippen LogP contribution is -2.30. The van der Waals surface area contributed by atoms with Gasteiger partial charge in [0.1, 0.15) is 0 Å². The van der Waals surface area contributed by atoms with Crippen molar-refractivity contribution >= 4 is 26.0 Å². The van der Waals surface area contributed by atoms with E-state index in [1.807, 2.05) is 19.9 Å². The number of likely N-dealkylation sites (N-methyl/N-ethyl adjacent to an activating group) is 1. The van der Waals surface area contributed by atoms with Crippen molar-refractivity contribution in [2.24, 2.45) is 5.73 Å². The molecule has 0 aliphatic carbocycles. The normalized spacial score (nSPS) is 12.1. The molecule has 0 aliphatic heterocycles. The lowest BCUT2D eigenvalue weighted by molar-refractivity contribution is 0.138. The van der Waals surface area contributed by atoms with Gasteiger partial charge in [-0.3, -0.25) is 0 Å². The minimum atomic E-state index is -3.55. The van der Waals surface area contributed by atoms with Crippen LogP contribution < -0.4 is 5.73 Å². The van der Waals surface area contributed by atoms with E-state index in [1.165, 1.54) is 4.31 Å². The van der Waals surface area contributed by atoms with E-state index in [4.69, 9.17) is 10.5 Å². The van der Waals surface area contributed by atoms with Crippen LogP contribution in [-0.4, -0.2) is 39.5 Å². The van der Waals surface area contributed by atoms with Crippen LogP contribution in [0.3, 0.4) is 0 Å². The van der Waals surface area contributed by atoms with E-state index in [0.717, 1.165) is 11.1 Å². The van der Waals surface area contributed by atoms with Crippen molar-refractivity contribution in [1.29, 1.82) is 0 Å². The van der Waals surface area contributed by atoms with Crippen molar-refractivity contribution < 1.29 is 13.2 Å². The molecule has 20 heavy (non-hydrogen) atoms. The molecule has 0 aliphatic rings. The van der Waals surface area contributed by atoms with Crippen molar-refractivity contribution in [1.82, 2.24) is 4.31 Å². The molecular formula is C13H21BrN2O3S. The van der Waals surface area contributed by atoms with Crippen LogP contribution in [0.4, 0.5) is 0 Å². The molecule has 0 saturated carbocycles. The third-order valence-corrected chi connectivity index (χ3v) is 6.16. The average molecular weight is 365 g/mol. The summed E-state index contributed by atoms with van der Waals surface area (Å²) in [7, 11) is -2.01. The predicted octanol–water partition coefficient (Wildman–Crippen LogP) is 1.87. The number of hydrogen-bond donors (Lipinski definition) is 1. The SMILES string of the molecule is CCOCCN(C)S(=O)(=O)c1cc(CN)cc(C)c1Br. The van der Waals surface area contributed by atoms with Gasteiger partial charge in [-0.2, -0.15) is 4.31 Å². The Morgan fingerprint density at radius 3 is 2.60 bits per heavy atom. The van der Waals surface area contributed by atoms with Crippen molar-refractivity contribution in [3.05, 3.63) is 27.7 Å². The van der Waals surface area contributed by atoms with Crippen LogP contribution in [0.2, 0.25) is 0 Å². The van der Waals surface area contributed by atoms with Gasteiger partial charge in [0.15, 0.2) is 0 Å². The van der Waals surface area contributed by atoms with E-state index in [0.29, 0.717) is 30.8 Å². The van der Waals surface area contributed by atoms with Gasteiger partial charge < -0.3 is 10.5 Å². The van der Waals surface area contributed by atoms with E-state index >= 15 is 0 Å². The predicted molar refractivity (Wildman–Crippen MR) is 83.1 cm³/mol. The molecule has 5 nitrogen and oxygen atoms in total. The quantitative estimate of drug-likeness (QED) is 0.749. The molecule has 0 bridgehead atoms. The molecule has 1 rings (SSSR count). The summed E-state index contributed by atoms with van der Waals surface area (Å²) in [6.45, 7) is 5.29. The number of aryl methyl sites for hydroxylation is 1. The maximum atomic E-state index is 12.6. The number of ether oxygens (including phenoxy) is 1. The molecule has 0 atom stereocenters. The Hall–Kier alpha value is -0.470. The van der Waals surface area contributed by atoms with E-state index in [9.17, 15) is 8.42 Å². The molecular weight excluding hydrogens is 344 g/mol. The van der Waals surface area contributed by atoms with Crippen LogP contribution in [0.1, 0.15) is 18.1 Å². The Morgan fingerprint density at radius 2 is 2.05 bits per heavy atom. The van der Waals surface area contributed by atoms with Crippen LogP contribution >= 0.6 is 15.9 Å². The van der Waals surface area contributed by atoms with E-state index in [2.05, 4.69) is 15.9 Å². The second-order valence-electron chi connectivity index (χ2n) is 4.45. The van der Waals surface area contributed by atoms with Crippen LogP contribution in [0, 0.1) is 6.92 Å². The maximum absolute atomic E-state index is 12.6. The smallest absolute Gasteiger partial charge is 0.244 e. The van der Waals surface area contributed by atoms with Gasteiger partial charge in [-0.1, -0.05) is 6.07 Å². The lowest BCUT2D eigenvalue weighted by atomic mass is 10.1. The Labute approximate surface area is 129 Å². The first-order valence-corrected chi connectivity index (χ1v) is 8.61. The van der Waals surface area contributed by atoms with Crippen molar-refractivity contribution in [2.75, 3.05) is 26.8 Å². The second-order valence-corrected chi connectivity index (χ2v) is 7.26. The Bertz CT molecular complexity index is 561.